The molecule has 0 saturated heterocycles. The topological polar surface area (TPSA) is 69.0 Å². The summed E-state index contributed by atoms with van der Waals surface area (Å²) < 4.78 is 14.1. The molecule has 0 aliphatic carbocycles. The first-order valence-electron chi connectivity index (χ1n) is 4.09. The maximum absolute atomic E-state index is 11.1. The summed E-state index contributed by atoms with van der Waals surface area (Å²) in [4.78, 5) is 23.2. The molecule has 0 spiro atoms. The molecule has 82 valence electrons. The number of carbonyl (C=O) groups excluding carboxylic acids is 1. The van der Waals surface area contributed by atoms with Gasteiger partial charge in [0.1, 0.15) is 5.75 Å². The molecule has 0 saturated carbocycles. The van der Waals surface area contributed by atoms with Crippen molar-refractivity contribution < 1.29 is 18.7 Å². The average Bonchev–Trinajstić information content (AvgIpc) is 2.26. The lowest BCUT2D eigenvalue weighted by Gasteiger charge is -2.13. The third-order valence-corrected chi connectivity index (χ3v) is 1.75. The molecule has 15 heavy (non-hydrogen) atoms. The highest BCUT2D eigenvalue weighted by molar-refractivity contribution is 5.85. The van der Waals surface area contributed by atoms with E-state index in [-0.39, 0.29) is 5.88 Å². The van der Waals surface area contributed by atoms with Crippen LogP contribution in [-0.4, -0.2) is 27.4 Å². The van der Waals surface area contributed by atoms with Crippen molar-refractivity contribution in [1.82, 2.24) is 0 Å². The zero-order valence-corrected chi connectivity index (χ0v) is 8.64. The first kappa shape index (κ1) is 11.1. The highest BCUT2D eigenvalue weighted by Crippen LogP contribution is 2.17. The summed E-state index contributed by atoms with van der Waals surface area (Å²) in [6.07, 6.45) is -0.633. The van der Waals surface area contributed by atoms with E-state index in [0.717, 1.165) is 4.90 Å². The minimum Gasteiger partial charge on any atom is -0.496 e. The number of amides is 1. The van der Waals surface area contributed by atoms with Crippen molar-refractivity contribution in [1.29, 1.82) is 0 Å². The largest absolute Gasteiger partial charge is 0.496 e. The predicted molar refractivity (Wildman–Crippen MR) is 52.3 cm³/mol. The summed E-state index contributed by atoms with van der Waals surface area (Å²) in [6.45, 7) is 0. The van der Waals surface area contributed by atoms with Gasteiger partial charge in [0.25, 0.3) is 0 Å². The summed E-state index contributed by atoms with van der Waals surface area (Å²) in [5, 5.41) is 0. The van der Waals surface area contributed by atoms with E-state index in [4.69, 9.17) is 9.15 Å². The van der Waals surface area contributed by atoms with Crippen LogP contribution < -0.4 is 15.3 Å². The summed E-state index contributed by atoms with van der Waals surface area (Å²) in [5.74, 6) is 0.378. The van der Waals surface area contributed by atoms with Crippen LogP contribution in [0.25, 0.3) is 0 Å². The van der Waals surface area contributed by atoms with Crippen LogP contribution in [0.1, 0.15) is 0 Å². The normalized spacial score (nSPS) is 9.53. The van der Waals surface area contributed by atoms with Crippen LogP contribution >= 0.6 is 0 Å². The lowest BCUT2D eigenvalue weighted by molar-refractivity contribution is 0.179. The second-order valence-corrected chi connectivity index (χ2v) is 2.68. The van der Waals surface area contributed by atoms with E-state index in [2.05, 4.69) is 4.74 Å². The van der Waals surface area contributed by atoms with Gasteiger partial charge in [-0.3, -0.25) is 4.90 Å². The quantitative estimate of drug-likeness (QED) is 0.728. The standard InChI is InChI=1S/C9H11NO5/c1-10(9(12)14-3)7-4-6(13-2)5-8(11)15-7/h4-5H,1-3H3. The van der Waals surface area contributed by atoms with E-state index in [9.17, 15) is 9.59 Å². The van der Waals surface area contributed by atoms with Crippen molar-refractivity contribution >= 4 is 12.0 Å². The van der Waals surface area contributed by atoms with Gasteiger partial charge in [-0.05, 0) is 0 Å². The van der Waals surface area contributed by atoms with Crippen LogP contribution in [0.2, 0.25) is 0 Å². The third-order valence-electron chi connectivity index (χ3n) is 1.75. The van der Waals surface area contributed by atoms with Crippen LogP contribution in [-0.2, 0) is 4.74 Å². The van der Waals surface area contributed by atoms with Crippen LogP contribution in [0.4, 0.5) is 10.7 Å². The lowest BCUT2D eigenvalue weighted by Crippen LogP contribution is -2.26. The van der Waals surface area contributed by atoms with Crippen molar-refractivity contribution in [2.24, 2.45) is 0 Å². The van der Waals surface area contributed by atoms with Gasteiger partial charge in [0.2, 0.25) is 5.88 Å². The molecule has 1 aromatic rings. The molecule has 0 radical (unpaired) electrons. The minimum atomic E-state index is -0.633. The van der Waals surface area contributed by atoms with Crippen molar-refractivity contribution in [3.63, 3.8) is 0 Å². The molecule has 0 aliphatic heterocycles. The van der Waals surface area contributed by atoms with Gasteiger partial charge >= 0.3 is 11.7 Å². The van der Waals surface area contributed by atoms with Crippen molar-refractivity contribution in [2.75, 3.05) is 26.2 Å². The number of hydrogen-bond acceptors (Lipinski definition) is 5. The molecule has 1 aromatic heterocycles. The van der Waals surface area contributed by atoms with Gasteiger partial charge in [0.05, 0.1) is 20.3 Å². The number of methoxy groups -OCH3 is 2. The molecule has 0 unspecified atom stereocenters. The second kappa shape index (κ2) is 4.50. The first-order valence-corrected chi connectivity index (χ1v) is 4.09. The zero-order valence-electron chi connectivity index (χ0n) is 8.64. The Morgan fingerprint density at radius 2 is 2.07 bits per heavy atom. The van der Waals surface area contributed by atoms with E-state index in [1.54, 1.807) is 0 Å². The Morgan fingerprint density at radius 3 is 2.60 bits per heavy atom. The highest BCUT2D eigenvalue weighted by Gasteiger charge is 2.14. The highest BCUT2D eigenvalue weighted by atomic mass is 16.5. The van der Waals surface area contributed by atoms with Gasteiger partial charge in [0.15, 0.2) is 0 Å². The Morgan fingerprint density at radius 1 is 1.40 bits per heavy atom. The molecule has 6 nitrogen and oxygen atoms in total. The molecular formula is C9H11NO5. The number of rotatable bonds is 2. The second-order valence-electron chi connectivity index (χ2n) is 2.68. The van der Waals surface area contributed by atoms with Gasteiger partial charge in [-0.1, -0.05) is 0 Å². The molecule has 0 fully saturated rings. The number of hydrogen-bond donors (Lipinski definition) is 0. The molecule has 6 heteroatoms. The van der Waals surface area contributed by atoms with E-state index >= 15 is 0 Å². The van der Waals surface area contributed by atoms with Gasteiger partial charge in [0, 0.05) is 13.1 Å². The van der Waals surface area contributed by atoms with E-state index in [0.29, 0.717) is 5.75 Å². The molecule has 0 N–H and O–H groups in total. The van der Waals surface area contributed by atoms with Gasteiger partial charge in [-0.2, -0.15) is 0 Å². The van der Waals surface area contributed by atoms with Gasteiger partial charge in [-0.25, -0.2) is 9.59 Å². The van der Waals surface area contributed by atoms with Gasteiger partial charge < -0.3 is 13.9 Å². The van der Waals surface area contributed by atoms with Crippen LogP contribution in [0.3, 0.4) is 0 Å². The van der Waals surface area contributed by atoms with Crippen LogP contribution in [0, 0.1) is 0 Å². The molecule has 1 rings (SSSR count). The van der Waals surface area contributed by atoms with E-state index in [1.165, 1.54) is 33.4 Å². The van der Waals surface area contributed by atoms with Crippen LogP contribution in [0.5, 0.6) is 5.75 Å². The fourth-order valence-electron chi connectivity index (χ4n) is 0.952. The monoisotopic (exact) mass is 213 g/mol. The molecule has 1 heterocycles. The summed E-state index contributed by atoms with van der Waals surface area (Å²) >= 11 is 0. The minimum absolute atomic E-state index is 0.0613. The SMILES string of the molecule is COC(=O)N(C)c1cc(OC)cc(=O)o1. The van der Waals surface area contributed by atoms with Crippen molar-refractivity contribution in [3.05, 3.63) is 22.6 Å². The number of anilines is 1. The van der Waals surface area contributed by atoms with Crippen molar-refractivity contribution in [3.8, 4) is 5.75 Å². The summed E-state index contributed by atoms with van der Waals surface area (Å²) in [5.41, 5.74) is -0.597. The average molecular weight is 213 g/mol. The maximum Gasteiger partial charge on any atom is 0.416 e. The van der Waals surface area contributed by atoms with Gasteiger partial charge in [-0.15, -0.1) is 0 Å². The molecule has 0 atom stereocenters. The Balaban J connectivity index is 3.08. The number of nitrogens with zero attached hydrogens (tertiary/aromatic N) is 1. The zero-order chi connectivity index (χ0) is 11.4. The fraction of sp³-hybridized carbons (Fsp3) is 0.333. The lowest BCUT2D eigenvalue weighted by atomic mass is 10.4. The smallest absolute Gasteiger partial charge is 0.416 e. The molecule has 0 aliphatic rings. The Bertz CT molecular complexity index is 411. The first-order chi connectivity index (χ1) is 7.08. The molecule has 0 aromatic carbocycles. The fourth-order valence-corrected chi connectivity index (χ4v) is 0.952. The van der Waals surface area contributed by atoms with Crippen LogP contribution in [0.15, 0.2) is 21.3 Å². The Hall–Kier alpha value is -1.98. The number of ether oxygens (including phenoxy) is 2. The molecule has 1 amide bonds. The Kier molecular flexibility index (Phi) is 3.33. The third kappa shape index (κ3) is 2.49. The maximum atomic E-state index is 11.1. The number of carbonyl (C=O) groups is 1. The predicted octanol–water partition coefficient (Wildman–Crippen LogP) is 0.851. The Labute approximate surface area is 86.0 Å². The van der Waals surface area contributed by atoms with Crippen molar-refractivity contribution in [2.45, 2.75) is 0 Å². The van der Waals surface area contributed by atoms with E-state index < -0.39 is 11.7 Å². The van der Waals surface area contributed by atoms with E-state index in [1.807, 2.05) is 0 Å². The molecule has 0 bridgehead atoms. The summed E-state index contributed by atoms with van der Waals surface area (Å²) in [7, 11) is 4.07. The molecular weight excluding hydrogens is 202 g/mol. The summed E-state index contributed by atoms with van der Waals surface area (Å²) in [6, 6.07) is 2.59.